The Balaban J connectivity index is 1.27. The standard InChI is InChI=1S/C25H35N3O4S/c1-18-16-21-17-22(8-9-23(21)28(18)25(30)19-6-5-7-19)33(31,32)27-14-10-20(11-15-27)24(29)26-12-3-2-4-13-26/h8-9,17-20H,2-7,10-16H2,1H3. The first-order valence-electron chi connectivity index (χ1n) is 12.6. The lowest BCUT2D eigenvalue weighted by Crippen LogP contribution is -2.45. The van der Waals surface area contributed by atoms with Crippen molar-refractivity contribution in [3.63, 3.8) is 0 Å². The molecule has 8 heteroatoms. The van der Waals surface area contributed by atoms with Gasteiger partial charge in [-0.2, -0.15) is 4.31 Å². The van der Waals surface area contributed by atoms with Gasteiger partial charge in [0.05, 0.1) is 4.90 Å². The van der Waals surface area contributed by atoms with Gasteiger partial charge in [-0.05, 0) is 82.1 Å². The maximum atomic E-state index is 13.4. The summed E-state index contributed by atoms with van der Waals surface area (Å²) in [7, 11) is -3.62. The number of carbonyl (C=O) groups is 2. The van der Waals surface area contributed by atoms with Gasteiger partial charge in [0, 0.05) is 49.7 Å². The molecule has 4 aliphatic rings. The Bertz CT molecular complexity index is 1020. The van der Waals surface area contributed by atoms with Crippen molar-refractivity contribution in [2.24, 2.45) is 11.8 Å². The van der Waals surface area contributed by atoms with E-state index in [-0.39, 0.29) is 29.7 Å². The van der Waals surface area contributed by atoms with Crippen LogP contribution < -0.4 is 4.90 Å². The zero-order chi connectivity index (χ0) is 23.2. The Kier molecular flexibility index (Phi) is 6.25. The largest absolute Gasteiger partial charge is 0.342 e. The van der Waals surface area contributed by atoms with Crippen LogP contribution in [0.5, 0.6) is 0 Å². The molecule has 7 nitrogen and oxygen atoms in total. The average molecular weight is 474 g/mol. The molecule has 1 aliphatic carbocycles. The predicted octanol–water partition coefficient (Wildman–Crippen LogP) is 3.18. The molecule has 0 spiro atoms. The summed E-state index contributed by atoms with van der Waals surface area (Å²) in [6, 6.07) is 5.29. The smallest absolute Gasteiger partial charge is 0.243 e. The van der Waals surface area contributed by atoms with Crippen LogP contribution in [0.15, 0.2) is 23.1 Å². The molecule has 1 aromatic carbocycles. The second kappa shape index (κ2) is 9.02. The topological polar surface area (TPSA) is 78.0 Å². The number of fused-ring (bicyclic) bond motifs is 1. The molecule has 0 aromatic heterocycles. The maximum Gasteiger partial charge on any atom is 0.243 e. The van der Waals surface area contributed by atoms with Gasteiger partial charge in [0.25, 0.3) is 0 Å². The number of nitrogens with zero attached hydrogens (tertiary/aromatic N) is 3. The van der Waals surface area contributed by atoms with Gasteiger partial charge in [0.15, 0.2) is 0 Å². The summed E-state index contributed by atoms with van der Waals surface area (Å²) in [5.41, 5.74) is 1.80. The van der Waals surface area contributed by atoms with Crippen LogP contribution in [0, 0.1) is 11.8 Å². The molecule has 1 aromatic rings. The fraction of sp³-hybridized carbons (Fsp3) is 0.680. The first-order chi connectivity index (χ1) is 15.9. The number of sulfonamides is 1. The molecule has 1 atom stereocenters. The number of benzene rings is 1. The highest BCUT2D eigenvalue weighted by Gasteiger charge is 2.39. The van der Waals surface area contributed by atoms with Crippen LogP contribution in [0.3, 0.4) is 0 Å². The van der Waals surface area contributed by atoms with Crippen molar-refractivity contribution < 1.29 is 18.0 Å². The van der Waals surface area contributed by atoms with E-state index < -0.39 is 10.0 Å². The van der Waals surface area contributed by atoms with E-state index >= 15 is 0 Å². The molecule has 0 bridgehead atoms. The van der Waals surface area contributed by atoms with Crippen molar-refractivity contribution in [3.8, 4) is 0 Å². The van der Waals surface area contributed by atoms with Crippen LogP contribution in [0.2, 0.25) is 0 Å². The number of rotatable bonds is 4. The highest BCUT2D eigenvalue weighted by molar-refractivity contribution is 7.89. The van der Waals surface area contributed by atoms with Gasteiger partial charge < -0.3 is 9.80 Å². The summed E-state index contributed by atoms with van der Waals surface area (Å²) in [4.78, 5) is 29.9. The number of hydrogen-bond acceptors (Lipinski definition) is 4. The fourth-order valence-electron chi connectivity index (χ4n) is 5.82. The summed E-state index contributed by atoms with van der Waals surface area (Å²) in [5.74, 6) is 0.440. The second-order valence-corrected chi connectivity index (χ2v) is 12.2. The molecular weight excluding hydrogens is 438 g/mol. The SMILES string of the molecule is CC1Cc2cc(S(=O)(=O)N3CCC(C(=O)N4CCCCC4)CC3)ccc2N1C(=O)C1CCC1. The predicted molar refractivity (Wildman–Crippen MR) is 126 cm³/mol. The number of amides is 2. The number of likely N-dealkylation sites (tertiary alicyclic amines) is 1. The normalized spacial score (nSPS) is 25.1. The summed E-state index contributed by atoms with van der Waals surface area (Å²) < 4.78 is 28.3. The minimum Gasteiger partial charge on any atom is -0.342 e. The number of anilines is 1. The van der Waals surface area contributed by atoms with Gasteiger partial charge in [0.1, 0.15) is 0 Å². The fourth-order valence-corrected chi connectivity index (χ4v) is 7.34. The second-order valence-electron chi connectivity index (χ2n) is 10.2. The molecule has 0 radical (unpaired) electrons. The Morgan fingerprint density at radius 3 is 2.15 bits per heavy atom. The quantitative estimate of drug-likeness (QED) is 0.673. The van der Waals surface area contributed by atoms with Gasteiger partial charge in [-0.25, -0.2) is 8.42 Å². The Morgan fingerprint density at radius 2 is 1.52 bits per heavy atom. The number of hydrogen-bond donors (Lipinski definition) is 0. The van der Waals surface area contributed by atoms with E-state index in [0.29, 0.717) is 37.2 Å². The molecular formula is C25H35N3O4S. The lowest BCUT2D eigenvalue weighted by Gasteiger charge is -2.35. The molecule has 33 heavy (non-hydrogen) atoms. The van der Waals surface area contributed by atoms with Crippen LogP contribution in [-0.4, -0.2) is 61.7 Å². The third-order valence-electron chi connectivity index (χ3n) is 8.07. The zero-order valence-corrected chi connectivity index (χ0v) is 20.4. The minimum atomic E-state index is -3.62. The van der Waals surface area contributed by atoms with Gasteiger partial charge >= 0.3 is 0 Å². The summed E-state index contributed by atoms with van der Waals surface area (Å²) in [5, 5.41) is 0. The minimum absolute atomic E-state index is 0.0580. The lowest BCUT2D eigenvalue weighted by atomic mass is 9.84. The molecule has 3 heterocycles. The summed E-state index contributed by atoms with van der Waals surface area (Å²) >= 11 is 0. The van der Waals surface area contributed by atoms with Crippen molar-refractivity contribution in [2.45, 2.75) is 75.6 Å². The third kappa shape index (κ3) is 4.20. The molecule has 1 saturated carbocycles. The van der Waals surface area contributed by atoms with Crippen molar-refractivity contribution >= 4 is 27.5 Å². The van der Waals surface area contributed by atoms with Crippen LogP contribution in [0.4, 0.5) is 5.69 Å². The van der Waals surface area contributed by atoms with E-state index in [0.717, 1.165) is 56.4 Å². The van der Waals surface area contributed by atoms with Gasteiger partial charge in [0.2, 0.25) is 21.8 Å². The molecule has 2 saturated heterocycles. The van der Waals surface area contributed by atoms with E-state index in [2.05, 4.69) is 0 Å². The molecule has 0 N–H and O–H groups in total. The van der Waals surface area contributed by atoms with Crippen molar-refractivity contribution in [3.05, 3.63) is 23.8 Å². The number of carbonyl (C=O) groups excluding carboxylic acids is 2. The molecule has 180 valence electrons. The van der Waals surface area contributed by atoms with Crippen molar-refractivity contribution in [1.29, 1.82) is 0 Å². The van der Waals surface area contributed by atoms with Crippen LogP contribution in [-0.2, 0) is 26.0 Å². The Morgan fingerprint density at radius 1 is 0.848 bits per heavy atom. The van der Waals surface area contributed by atoms with Crippen molar-refractivity contribution in [2.75, 3.05) is 31.1 Å². The maximum absolute atomic E-state index is 13.4. The molecule has 3 aliphatic heterocycles. The Labute approximate surface area is 197 Å². The van der Waals surface area contributed by atoms with Crippen molar-refractivity contribution in [1.82, 2.24) is 9.21 Å². The van der Waals surface area contributed by atoms with E-state index in [1.54, 1.807) is 12.1 Å². The Hall–Kier alpha value is -1.93. The lowest BCUT2D eigenvalue weighted by molar-refractivity contribution is -0.137. The van der Waals surface area contributed by atoms with Crippen LogP contribution >= 0.6 is 0 Å². The molecule has 2 amide bonds. The van der Waals surface area contributed by atoms with Gasteiger partial charge in [-0.1, -0.05) is 6.42 Å². The summed E-state index contributed by atoms with van der Waals surface area (Å²) in [6.45, 7) is 4.48. The average Bonchev–Trinajstić information content (AvgIpc) is 3.13. The monoisotopic (exact) mass is 473 g/mol. The first-order valence-corrected chi connectivity index (χ1v) is 14.0. The van der Waals surface area contributed by atoms with Gasteiger partial charge in [-0.3, -0.25) is 9.59 Å². The molecule has 1 unspecified atom stereocenters. The highest BCUT2D eigenvalue weighted by Crippen LogP contribution is 2.39. The van der Waals surface area contributed by atoms with Crippen LogP contribution in [0.1, 0.15) is 63.9 Å². The van der Waals surface area contributed by atoms with E-state index in [9.17, 15) is 18.0 Å². The van der Waals surface area contributed by atoms with E-state index in [1.165, 1.54) is 10.7 Å². The van der Waals surface area contributed by atoms with E-state index in [4.69, 9.17) is 0 Å². The first kappa shape index (κ1) is 22.8. The zero-order valence-electron chi connectivity index (χ0n) is 19.5. The molecule has 3 fully saturated rings. The number of piperidine rings is 2. The highest BCUT2D eigenvalue weighted by atomic mass is 32.2. The van der Waals surface area contributed by atoms with Crippen LogP contribution in [0.25, 0.3) is 0 Å². The summed E-state index contributed by atoms with van der Waals surface area (Å²) in [6.07, 6.45) is 8.21. The van der Waals surface area contributed by atoms with Gasteiger partial charge in [-0.15, -0.1) is 0 Å². The van der Waals surface area contributed by atoms with E-state index in [1.807, 2.05) is 22.8 Å². The third-order valence-corrected chi connectivity index (χ3v) is 9.96. The molecule has 5 rings (SSSR count).